The first-order chi connectivity index (χ1) is 14.3. The lowest BCUT2D eigenvalue weighted by atomic mass is 9.80. The first-order valence-corrected chi connectivity index (χ1v) is 11.8. The first-order valence-electron chi connectivity index (χ1n) is 10.3. The molecule has 0 aromatic heterocycles. The molecule has 2 aromatic rings. The van der Waals surface area contributed by atoms with Gasteiger partial charge in [0.2, 0.25) is 10.0 Å². The Bertz CT molecular complexity index is 1040. The van der Waals surface area contributed by atoms with Crippen molar-refractivity contribution in [1.82, 2.24) is 4.31 Å². The SMILES string of the molecule is Cc1ccc(S(=O)(=O)N2CC(c3ccccc3C)=C[C@](C)(CC3OCCO3)C2)cc1. The Labute approximate surface area is 179 Å². The van der Waals surface area contributed by atoms with Crippen molar-refractivity contribution in [2.24, 2.45) is 5.41 Å². The number of benzene rings is 2. The number of nitrogens with zero attached hydrogens (tertiary/aromatic N) is 1. The summed E-state index contributed by atoms with van der Waals surface area (Å²) in [6.07, 6.45) is 2.54. The van der Waals surface area contributed by atoms with Crippen molar-refractivity contribution in [3.05, 3.63) is 71.3 Å². The highest BCUT2D eigenvalue weighted by Gasteiger charge is 2.39. The van der Waals surface area contributed by atoms with E-state index in [0.717, 1.165) is 22.3 Å². The fourth-order valence-electron chi connectivity index (χ4n) is 4.32. The molecule has 160 valence electrons. The van der Waals surface area contributed by atoms with Crippen LogP contribution >= 0.6 is 0 Å². The molecule has 0 spiro atoms. The molecule has 0 N–H and O–H groups in total. The maximum atomic E-state index is 13.5. The van der Waals surface area contributed by atoms with Gasteiger partial charge < -0.3 is 9.47 Å². The monoisotopic (exact) mass is 427 g/mol. The van der Waals surface area contributed by atoms with Gasteiger partial charge in [-0.1, -0.05) is 55.0 Å². The van der Waals surface area contributed by atoms with E-state index in [0.29, 0.717) is 37.6 Å². The number of hydrogen-bond acceptors (Lipinski definition) is 4. The Hall–Kier alpha value is -1.99. The van der Waals surface area contributed by atoms with E-state index in [1.54, 1.807) is 16.4 Å². The number of rotatable bonds is 5. The van der Waals surface area contributed by atoms with E-state index in [1.807, 2.05) is 31.2 Å². The quantitative estimate of drug-likeness (QED) is 0.719. The third-order valence-corrected chi connectivity index (χ3v) is 7.69. The van der Waals surface area contributed by atoms with Gasteiger partial charge in [-0.3, -0.25) is 0 Å². The summed E-state index contributed by atoms with van der Waals surface area (Å²) in [5.41, 5.74) is 3.88. The number of aryl methyl sites for hydroxylation is 2. The van der Waals surface area contributed by atoms with E-state index in [4.69, 9.17) is 9.47 Å². The van der Waals surface area contributed by atoms with Gasteiger partial charge in [-0.25, -0.2) is 8.42 Å². The second kappa shape index (κ2) is 8.27. The van der Waals surface area contributed by atoms with Crippen molar-refractivity contribution in [2.45, 2.75) is 38.4 Å². The third kappa shape index (κ3) is 4.37. The highest BCUT2D eigenvalue weighted by Crippen LogP contribution is 2.39. The van der Waals surface area contributed by atoms with Crippen molar-refractivity contribution >= 4 is 15.6 Å². The molecular formula is C24H29NO4S. The molecule has 30 heavy (non-hydrogen) atoms. The molecule has 0 radical (unpaired) electrons. The van der Waals surface area contributed by atoms with Gasteiger partial charge in [-0.2, -0.15) is 4.31 Å². The maximum absolute atomic E-state index is 13.5. The van der Waals surface area contributed by atoms with E-state index < -0.39 is 15.4 Å². The van der Waals surface area contributed by atoms with Crippen LogP contribution in [0.4, 0.5) is 0 Å². The standard InChI is InChI=1S/C24H29NO4S/c1-18-8-10-21(11-9-18)30(26,27)25-16-20(22-7-5-4-6-19(22)2)14-24(3,17-25)15-23-28-12-13-29-23/h4-11,14,23H,12-13,15-17H2,1-3H3/t24-/m1/s1. The summed E-state index contributed by atoms with van der Waals surface area (Å²) in [4.78, 5) is 0.329. The molecule has 5 nitrogen and oxygen atoms in total. The second-order valence-corrected chi connectivity index (χ2v) is 10.5. The largest absolute Gasteiger partial charge is 0.350 e. The minimum atomic E-state index is -3.63. The van der Waals surface area contributed by atoms with Crippen molar-refractivity contribution in [3.63, 3.8) is 0 Å². The fourth-order valence-corrected chi connectivity index (χ4v) is 5.87. The van der Waals surface area contributed by atoms with Crippen LogP contribution in [0.25, 0.3) is 5.57 Å². The molecule has 0 amide bonds. The van der Waals surface area contributed by atoms with Crippen LogP contribution in [0.2, 0.25) is 0 Å². The van der Waals surface area contributed by atoms with E-state index in [-0.39, 0.29) is 6.29 Å². The van der Waals surface area contributed by atoms with Gasteiger partial charge in [0.25, 0.3) is 0 Å². The van der Waals surface area contributed by atoms with Gasteiger partial charge in [-0.05, 0) is 42.7 Å². The molecule has 0 unspecified atom stereocenters. The molecule has 6 heteroatoms. The Kier molecular flexibility index (Phi) is 5.86. The van der Waals surface area contributed by atoms with Gasteiger partial charge >= 0.3 is 0 Å². The second-order valence-electron chi connectivity index (χ2n) is 8.60. The van der Waals surface area contributed by atoms with Crippen molar-refractivity contribution in [2.75, 3.05) is 26.3 Å². The molecule has 1 fully saturated rings. The number of sulfonamides is 1. The summed E-state index contributed by atoms with van der Waals surface area (Å²) in [7, 11) is -3.63. The van der Waals surface area contributed by atoms with E-state index in [2.05, 4.69) is 32.1 Å². The first kappa shape index (κ1) is 21.2. The van der Waals surface area contributed by atoms with Crippen LogP contribution in [0.1, 0.15) is 30.0 Å². The summed E-state index contributed by atoms with van der Waals surface area (Å²) in [6.45, 7) is 8.01. The van der Waals surface area contributed by atoms with Crippen LogP contribution < -0.4 is 0 Å². The van der Waals surface area contributed by atoms with Crippen molar-refractivity contribution in [3.8, 4) is 0 Å². The smallest absolute Gasteiger partial charge is 0.243 e. The van der Waals surface area contributed by atoms with Gasteiger partial charge in [-0.15, -0.1) is 0 Å². The molecule has 2 aromatic carbocycles. The summed E-state index contributed by atoms with van der Waals surface area (Å²) in [5.74, 6) is 0. The van der Waals surface area contributed by atoms with Crippen LogP contribution in [-0.2, 0) is 19.5 Å². The molecule has 1 atom stereocenters. The Morgan fingerprint density at radius 2 is 1.70 bits per heavy atom. The molecule has 2 aliphatic heterocycles. The zero-order valence-corrected chi connectivity index (χ0v) is 18.6. The lowest BCUT2D eigenvalue weighted by Gasteiger charge is -2.39. The third-order valence-electron chi connectivity index (χ3n) is 5.88. The number of hydrogen-bond donors (Lipinski definition) is 0. The average Bonchev–Trinajstić information content (AvgIpc) is 3.20. The Balaban J connectivity index is 1.73. The minimum Gasteiger partial charge on any atom is -0.350 e. The van der Waals surface area contributed by atoms with E-state index >= 15 is 0 Å². The van der Waals surface area contributed by atoms with Crippen LogP contribution in [0.15, 0.2) is 59.5 Å². The Morgan fingerprint density at radius 3 is 2.37 bits per heavy atom. The predicted octanol–water partition coefficient (Wildman–Crippen LogP) is 4.16. The molecule has 0 aliphatic carbocycles. The average molecular weight is 428 g/mol. The summed E-state index contributed by atoms with van der Waals surface area (Å²) in [5, 5.41) is 0. The lowest BCUT2D eigenvalue weighted by Crippen LogP contribution is -2.45. The lowest BCUT2D eigenvalue weighted by molar-refractivity contribution is -0.0658. The van der Waals surface area contributed by atoms with Crippen molar-refractivity contribution < 1.29 is 17.9 Å². The Morgan fingerprint density at radius 1 is 1.03 bits per heavy atom. The van der Waals surface area contributed by atoms with E-state index in [9.17, 15) is 8.42 Å². The van der Waals surface area contributed by atoms with Crippen LogP contribution in [-0.4, -0.2) is 45.3 Å². The van der Waals surface area contributed by atoms with Crippen LogP contribution in [0, 0.1) is 19.3 Å². The van der Waals surface area contributed by atoms with Gasteiger partial charge in [0.1, 0.15) is 0 Å². The topological polar surface area (TPSA) is 55.8 Å². The molecule has 2 aliphatic rings. The molecule has 1 saturated heterocycles. The molecule has 4 rings (SSSR count). The van der Waals surface area contributed by atoms with E-state index in [1.165, 1.54) is 0 Å². The molecule has 0 saturated carbocycles. The summed E-state index contributed by atoms with van der Waals surface area (Å²) >= 11 is 0. The molecule has 2 heterocycles. The predicted molar refractivity (Wildman–Crippen MR) is 118 cm³/mol. The minimum absolute atomic E-state index is 0.300. The summed E-state index contributed by atoms with van der Waals surface area (Å²) in [6, 6.07) is 15.2. The van der Waals surface area contributed by atoms with Gasteiger partial charge in [0, 0.05) is 24.9 Å². The fraction of sp³-hybridized carbons (Fsp3) is 0.417. The molecule has 0 bridgehead atoms. The molecular weight excluding hydrogens is 398 g/mol. The summed E-state index contributed by atoms with van der Waals surface area (Å²) < 4.78 is 40.0. The zero-order chi connectivity index (χ0) is 21.4. The number of ether oxygens (including phenoxy) is 2. The van der Waals surface area contributed by atoms with Gasteiger partial charge in [0.05, 0.1) is 18.1 Å². The van der Waals surface area contributed by atoms with Gasteiger partial charge in [0.15, 0.2) is 6.29 Å². The van der Waals surface area contributed by atoms with Crippen LogP contribution in [0.3, 0.4) is 0 Å². The van der Waals surface area contributed by atoms with Crippen LogP contribution in [0.5, 0.6) is 0 Å². The highest BCUT2D eigenvalue weighted by atomic mass is 32.2. The normalized spacial score (nSPS) is 23.5. The highest BCUT2D eigenvalue weighted by molar-refractivity contribution is 7.89. The maximum Gasteiger partial charge on any atom is 0.243 e. The van der Waals surface area contributed by atoms with Crippen molar-refractivity contribution in [1.29, 1.82) is 0 Å². The zero-order valence-electron chi connectivity index (χ0n) is 17.8.